The van der Waals surface area contributed by atoms with E-state index >= 15 is 0 Å². The number of fused-ring (bicyclic) bond motifs is 3. The van der Waals surface area contributed by atoms with Gasteiger partial charge in [0.05, 0.1) is 7.11 Å². The zero-order valence-corrected chi connectivity index (χ0v) is 27.5. The van der Waals surface area contributed by atoms with E-state index < -0.39 is 29.4 Å². The maximum absolute atomic E-state index is 13.6. The van der Waals surface area contributed by atoms with Gasteiger partial charge in [0.1, 0.15) is 23.9 Å². The fourth-order valence-electron chi connectivity index (χ4n) is 7.48. The number of para-hydroxylation sites is 1. The number of nitrogens with one attached hydrogen (secondary N) is 2. The Morgan fingerprint density at radius 1 is 1.17 bits per heavy atom. The third-order valence-electron chi connectivity index (χ3n) is 9.81. The summed E-state index contributed by atoms with van der Waals surface area (Å²) in [5, 5.41) is 6.17. The second-order valence-corrected chi connectivity index (χ2v) is 13.1. The van der Waals surface area contributed by atoms with Crippen LogP contribution >= 0.6 is 0 Å². The van der Waals surface area contributed by atoms with Gasteiger partial charge >= 0.3 is 5.97 Å². The number of rotatable bonds is 11. The molecule has 0 aliphatic heterocycles. The van der Waals surface area contributed by atoms with Crippen molar-refractivity contribution in [1.82, 2.24) is 14.8 Å². The molecule has 5 rings (SSSR count). The zero-order chi connectivity index (χ0) is 33.7. The molecule has 3 unspecified atom stereocenters. The van der Waals surface area contributed by atoms with Gasteiger partial charge in [-0.05, 0) is 75.5 Å². The van der Waals surface area contributed by atoms with E-state index in [1.807, 2.05) is 24.1 Å². The summed E-state index contributed by atoms with van der Waals surface area (Å²) in [7, 11) is 3.11. The summed E-state index contributed by atoms with van der Waals surface area (Å²) in [6, 6.07) is 9.24. The first-order valence-electron chi connectivity index (χ1n) is 16.3. The molecule has 2 aliphatic rings. The molecule has 0 saturated heterocycles. The van der Waals surface area contributed by atoms with E-state index in [4.69, 9.17) is 4.42 Å². The van der Waals surface area contributed by atoms with Crippen LogP contribution in [0, 0.1) is 18.8 Å². The Labute approximate surface area is 274 Å². The monoisotopic (exact) mass is 644 g/mol. The number of allylic oxidation sites excluding steroid dienone is 1. The number of methoxy groups -OCH3 is 1. The van der Waals surface area contributed by atoms with Gasteiger partial charge in [-0.2, -0.15) is 0 Å². The van der Waals surface area contributed by atoms with Gasteiger partial charge in [-0.3, -0.25) is 19.2 Å². The number of furan rings is 1. The van der Waals surface area contributed by atoms with Crippen molar-refractivity contribution < 1.29 is 28.3 Å². The van der Waals surface area contributed by atoms with Gasteiger partial charge < -0.3 is 29.3 Å². The summed E-state index contributed by atoms with van der Waals surface area (Å²) < 4.78 is 11.7. The molecule has 2 N–H and O–H groups in total. The van der Waals surface area contributed by atoms with Crippen LogP contribution in [0.2, 0.25) is 0 Å². The number of carbonyl (C=O) groups is 4. The normalized spacial score (nSPS) is 21.3. The molecule has 2 aliphatic carbocycles. The van der Waals surface area contributed by atoms with Crippen molar-refractivity contribution in [3.63, 3.8) is 0 Å². The number of esters is 1. The van der Waals surface area contributed by atoms with Gasteiger partial charge in [-0.25, -0.2) is 4.79 Å². The lowest BCUT2D eigenvalue weighted by Gasteiger charge is -2.52. The van der Waals surface area contributed by atoms with Crippen molar-refractivity contribution >= 4 is 40.3 Å². The molecule has 3 amide bonds. The number of ether oxygens (including phenoxy) is 1. The van der Waals surface area contributed by atoms with Crippen molar-refractivity contribution in [2.24, 2.45) is 11.8 Å². The number of amides is 3. The van der Waals surface area contributed by atoms with Crippen molar-refractivity contribution in [2.75, 3.05) is 19.5 Å². The molecule has 3 aromatic rings. The summed E-state index contributed by atoms with van der Waals surface area (Å²) in [6.07, 6.45) is 11.1. The molecule has 0 radical (unpaired) electrons. The highest BCUT2D eigenvalue weighted by molar-refractivity contribution is 6.03. The van der Waals surface area contributed by atoms with Crippen LogP contribution < -0.4 is 16.2 Å². The summed E-state index contributed by atoms with van der Waals surface area (Å²) in [4.78, 5) is 67.3. The molecule has 11 heteroatoms. The van der Waals surface area contributed by atoms with Crippen molar-refractivity contribution in [1.29, 1.82) is 0 Å². The first-order chi connectivity index (χ1) is 22.5. The SMILES string of the molecule is COC(=O)/C=C/CC[C@H](NC(=O)c1oc2ccccc2c1C)C(=O)Nc1cccn(CC(=O)N(C)C23CCCC(CC(C)C2)C3)c1=O. The third-order valence-corrected chi connectivity index (χ3v) is 9.81. The van der Waals surface area contributed by atoms with E-state index in [9.17, 15) is 24.0 Å². The Bertz CT molecular complexity index is 1740. The third kappa shape index (κ3) is 7.50. The Kier molecular flexibility index (Phi) is 10.3. The Morgan fingerprint density at radius 2 is 1.96 bits per heavy atom. The molecule has 250 valence electrons. The standard InChI is InChI=1S/C36H44N4O7/c1-23-19-25-11-9-17-36(20-23,21-25)39(3)30(41)22-40-18-10-14-28(35(40)45)38-33(43)27(13-6-8-16-31(42)46-4)37-34(44)32-24(2)26-12-5-7-15-29(26)47-32/h5,7-8,10,12,14-16,18,23,25,27H,6,9,11,13,17,19-22H2,1-4H3,(H,37,44)(H,38,43)/b16-8+/t23?,25?,27-,36?/m0/s1. The molecule has 2 heterocycles. The molecule has 1 aromatic carbocycles. The van der Waals surface area contributed by atoms with Crippen LogP contribution in [0.5, 0.6) is 0 Å². The van der Waals surface area contributed by atoms with E-state index in [2.05, 4.69) is 22.3 Å². The van der Waals surface area contributed by atoms with Crippen LogP contribution in [0.4, 0.5) is 5.69 Å². The minimum atomic E-state index is -1.08. The number of aryl methyl sites for hydroxylation is 1. The number of benzene rings is 1. The number of likely N-dealkylation sites (N-methyl/N-ethyl adjacent to an activating group) is 1. The Hall–Kier alpha value is -4.67. The van der Waals surface area contributed by atoms with Crippen LogP contribution in [0.3, 0.4) is 0 Å². The van der Waals surface area contributed by atoms with Crippen molar-refractivity contribution in [3.8, 4) is 0 Å². The number of pyridine rings is 1. The molecule has 2 aromatic heterocycles. The van der Waals surface area contributed by atoms with Crippen LogP contribution in [0.1, 0.15) is 74.4 Å². The number of nitrogens with zero attached hydrogens (tertiary/aromatic N) is 2. The number of carbonyl (C=O) groups excluding carboxylic acids is 4. The predicted molar refractivity (Wildman–Crippen MR) is 178 cm³/mol. The number of hydrogen-bond acceptors (Lipinski definition) is 7. The predicted octanol–water partition coefficient (Wildman–Crippen LogP) is 4.97. The van der Waals surface area contributed by atoms with Gasteiger partial charge in [-0.15, -0.1) is 0 Å². The van der Waals surface area contributed by atoms with E-state index in [0.717, 1.165) is 31.1 Å². The van der Waals surface area contributed by atoms with Crippen LogP contribution in [-0.2, 0) is 25.7 Å². The highest BCUT2D eigenvalue weighted by Crippen LogP contribution is 2.48. The van der Waals surface area contributed by atoms with E-state index in [-0.39, 0.29) is 42.3 Å². The molecule has 2 fully saturated rings. The largest absolute Gasteiger partial charge is 0.466 e. The summed E-state index contributed by atoms with van der Waals surface area (Å²) >= 11 is 0. The molecule has 47 heavy (non-hydrogen) atoms. The van der Waals surface area contributed by atoms with E-state index in [0.29, 0.717) is 23.0 Å². The van der Waals surface area contributed by atoms with E-state index in [1.54, 1.807) is 31.2 Å². The Balaban J connectivity index is 1.31. The molecule has 0 spiro atoms. The second kappa shape index (κ2) is 14.4. The Morgan fingerprint density at radius 3 is 2.72 bits per heavy atom. The van der Waals surface area contributed by atoms with E-state index in [1.165, 1.54) is 42.9 Å². The second-order valence-electron chi connectivity index (χ2n) is 13.1. The highest BCUT2D eigenvalue weighted by Gasteiger charge is 2.46. The lowest BCUT2D eigenvalue weighted by Crippen LogP contribution is -2.56. The summed E-state index contributed by atoms with van der Waals surface area (Å²) in [5.41, 5.74) is 0.457. The zero-order valence-electron chi connectivity index (χ0n) is 27.5. The first-order valence-corrected chi connectivity index (χ1v) is 16.3. The fraction of sp³-hybridized carbons (Fsp3) is 0.472. The smallest absolute Gasteiger partial charge is 0.330 e. The minimum Gasteiger partial charge on any atom is -0.466 e. The lowest BCUT2D eigenvalue weighted by atomic mass is 9.63. The molecular formula is C36H44N4O7. The van der Waals surface area contributed by atoms with Gasteiger partial charge in [0, 0.05) is 35.8 Å². The highest BCUT2D eigenvalue weighted by atomic mass is 16.5. The van der Waals surface area contributed by atoms with Crippen molar-refractivity contribution in [3.05, 3.63) is 76.4 Å². The number of anilines is 1. The summed E-state index contributed by atoms with van der Waals surface area (Å²) in [6.45, 7) is 3.87. The minimum absolute atomic E-state index is 0.0144. The maximum atomic E-state index is 13.6. The molecule has 4 atom stereocenters. The fourth-order valence-corrected chi connectivity index (χ4v) is 7.48. The number of aromatic nitrogens is 1. The van der Waals surface area contributed by atoms with Crippen LogP contribution in [-0.4, -0.2) is 58.9 Å². The molecule has 2 bridgehead atoms. The maximum Gasteiger partial charge on any atom is 0.330 e. The molecular weight excluding hydrogens is 600 g/mol. The van der Waals surface area contributed by atoms with Crippen LogP contribution in [0.25, 0.3) is 11.0 Å². The average Bonchev–Trinajstić information content (AvgIpc) is 3.39. The topological polar surface area (TPSA) is 140 Å². The lowest BCUT2D eigenvalue weighted by molar-refractivity contribution is -0.141. The quantitative estimate of drug-likeness (QED) is 0.222. The number of hydrogen-bond donors (Lipinski definition) is 2. The first kappa shape index (κ1) is 33.7. The van der Waals surface area contributed by atoms with Crippen LogP contribution in [0.15, 0.2) is 64.0 Å². The summed E-state index contributed by atoms with van der Waals surface area (Å²) in [5.74, 6) is -0.644. The van der Waals surface area contributed by atoms with Gasteiger partial charge in [0.25, 0.3) is 11.5 Å². The van der Waals surface area contributed by atoms with Gasteiger partial charge in [0.15, 0.2) is 5.76 Å². The van der Waals surface area contributed by atoms with Gasteiger partial charge in [-0.1, -0.05) is 44.0 Å². The van der Waals surface area contributed by atoms with Gasteiger partial charge in [0.2, 0.25) is 11.8 Å². The van der Waals surface area contributed by atoms with Crippen molar-refractivity contribution in [2.45, 2.75) is 83.3 Å². The average molecular weight is 645 g/mol. The molecule has 11 nitrogen and oxygen atoms in total. The molecule has 2 saturated carbocycles.